The van der Waals surface area contributed by atoms with Crippen LogP contribution in [0, 0.1) is 5.92 Å². The van der Waals surface area contributed by atoms with Gasteiger partial charge >= 0.3 is 6.09 Å². The number of hydrogen-bond acceptors (Lipinski definition) is 5. The summed E-state index contributed by atoms with van der Waals surface area (Å²) in [6, 6.07) is 7.40. The van der Waals surface area contributed by atoms with Gasteiger partial charge in [-0.3, -0.25) is 9.69 Å². The molecule has 3 N–H and O–H groups in total. The van der Waals surface area contributed by atoms with Gasteiger partial charge < -0.3 is 20.3 Å². The van der Waals surface area contributed by atoms with Crippen LogP contribution in [0.15, 0.2) is 30.3 Å². The SMILES string of the molecule is CCCCCCCCCCCC1CCN(C(=O)OC(C)(C)C)C(C(=O)N[C@H](CO)[C@H](O)c2ccccc2)C1. The average molecular weight is 533 g/mol. The quantitative estimate of drug-likeness (QED) is 0.236. The minimum atomic E-state index is -1.05. The van der Waals surface area contributed by atoms with Crippen molar-refractivity contribution in [2.45, 2.75) is 129 Å². The number of aliphatic hydroxyl groups is 2. The van der Waals surface area contributed by atoms with E-state index in [0.29, 0.717) is 24.4 Å². The molecule has 2 amide bonds. The molecule has 0 aliphatic carbocycles. The topological polar surface area (TPSA) is 99.1 Å². The number of hydrogen-bond donors (Lipinski definition) is 3. The number of rotatable bonds is 15. The molecular weight excluding hydrogens is 480 g/mol. The van der Waals surface area contributed by atoms with Crippen LogP contribution in [0.5, 0.6) is 0 Å². The number of unbranched alkanes of at least 4 members (excludes halogenated alkanes) is 8. The minimum Gasteiger partial charge on any atom is -0.444 e. The first-order valence-electron chi connectivity index (χ1n) is 14.8. The van der Waals surface area contributed by atoms with Crippen molar-refractivity contribution < 1.29 is 24.5 Å². The second-order valence-electron chi connectivity index (χ2n) is 11.9. The fraction of sp³-hybridized carbons (Fsp3) is 0.742. The fourth-order valence-electron chi connectivity index (χ4n) is 5.22. The highest BCUT2D eigenvalue weighted by atomic mass is 16.6. The van der Waals surface area contributed by atoms with Crippen molar-refractivity contribution in [1.29, 1.82) is 0 Å². The molecule has 2 unspecified atom stereocenters. The number of nitrogens with one attached hydrogen (secondary N) is 1. The summed E-state index contributed by atoms with van der Waals surface area (Å²) in [5.41, 5.74) is -0.0504. The minimum absolute atomic E-state index is 0.348. The molecule has 0 bridgehead atoms. The van der Waals surface area contributed by atoms with Crippen molar-refractivity contribution >= 4 is 12.0 Å². The number of nitrogens with zero attached hydrogens (tertiary/aromatic N) is 1. The summed E-state index contributed by atoms with van der Waals surface area (Å²) in [5, 5.41) is 23.5. The van der Waals surface area contributed by atoms with Gasteiger partial charge in [0.05, 0.1) is 12.6 Å². The first-order valence-corrected chi connectivity index (χ1v) is 14.8. The molecule has 38 heavy (non-hydrogen) atoms. The second kappa shape index (κ2) is 16.8. The molecule has 1 saturated heterocycles. The molecule has 0 radical (unpaired) electrons. The van der Waals surface area contributed by atoms with E-state index < -0.39 is 36.5 Å². The summed E-state index contributed by atoms with van der Waals surface area (Å²) in [6.07, 6.45) is 12.4. The van der Waals surface area contributed by atoms with E-state index in [-0.39, 0.29) is 5.91 Å². The standard InChI is InChI=1S/C31H52N2O5/c1-5-6-7-8-9-10-11-12-14-17-24-20-21-33(30(37)38-31(2,3)4)27(22-24)29(36)32-26(23-34)28(35)25-18-15-13-16-19-25/h13,15-16,18-19,24,26-28,34-35H,5-12,14,17,20-23H2,1-4H3,(H,32,36)/t24?,26-,27?,28-/m1/s1. The Kier molecular flexibility index (Phi) is 14.2. The molecule has 7 heteroatoms. The van der Waals surface area contributed by atoms with Crippen molar-refractivity contribution in [3.63, 3.8) is 0 Å². The van der Waals surface area contributed by atoms with E-state index in [2.05, 4.69) is 12.2 Å². The number of amides is 2. The van der Waals surface area contributed by atoms with Gasteiger partial charge in [0.15, 0.2) is 0 Å². The first kappa shape index (κ1) is 32.1. The number of ether oxygens (including phenoxy) is 1. The van der Waals surface area contributed by atoms with Gasteiger partial charge in [-0.25, -0.2) is 4.79 Å². The first-order chi connectivity index (χ1) is 18.2. The van der Waals surface area contributed by atoms with Crippen molar-refractivity contribution in [2.75, 3.05) is 13.2 Å². The lowest BCUT2D eigenvalue weighted by Gasteiger charge is -2.40. The van der Waals surface area contributed by atoms with Crippen LogP contribution in [-0.4, -0.2) is 57.9 Å². The Bertz CT molecular complexity index is 810. The van der Waals surface area contributed by atoms with E-state index in [0.717, 1.165) is 19.3 Å². The largest absolute Gasteiger partial charge is 0.444 e. The zero-order valence-corrected chi connectivity index (χ0v) is 24.2. The van der Waals surface area contributed by atoms with Crippen molar-refractivity contribution in [2.24, 2.45) is 5.92 Å². The molecule has 1 aliphatic heterocycles. The van der Waals surface area contributed by atoms with E-state index in [1.165, 1.54) is 56.3 Å². The maximum absolute atomic E-state index is 13.5. The van der Waals surface area contributed by atoms with Gasteiger partial charge in [-0.2, -0.15) is 0 Å². The van der Waals surface area contributed by atoms with E-state index >= 15 is 0 Å². The van der Waals surface area contributed by atoms with Gasteiger partial charge in [0, 0.05) is 6.54 Å². The van der Waals surface area contributed by atoms with Gasteiger partial charge in [0.25, 0.3) is 0 Å². The Hall–Kier alpha value is -2.12. The Morgan fingerprint density at radius 3 is 2.21 bits per heavy atom. The Labute approximate surface area is 230 Å². The molecule has 1 heterocycles. The van der Waals surface area contributed by atoms with Crippen molar-refractivity contribution in [3.8, 4) is 0 Å². The highest BCUT2D eigenvalue weighted by Crippen LogP contribution is 2.29. The molecule has 2 rings (SSSR count). The summed E-state index contributed by atoms with van der Waals surface area (Å²) in [7, 11) is 0. The van der Waals surface area contributed by atoms with Crippen LogP contribution < -0.4 is 5.32 Å². The molecule has 1 aromatic rings. The molecule has 1 aromatic carbocycles. The van der Waals surface area contributed by atoms with Crippen LogP contribution in [0.2, 0.25) is 0 Å². The van der Waals surface area contributed by atoms with Crippen molar-refractivity contribution in [3.05, 3.63) is 35.9 Å². The number of carbonyl (C=O) groups excluding carboxylic acids is 2. The van der Waals surface area contributed by atoms with E-state index in [1.807, 2.05) is 26.8 Å². The van der Waals surface area contributed by atoms with Crippen LogP contribution in [0.1, 0.15) is 116 Å². The zero-order valence-electron chi connectivity index (χ0n) is 24.2. The van der Waals surface area contributed by atoms with Crippen LogP contribution in [0.25, 0.3) is 0 Å². The number of likely N-dealkylation sites (tertiary alicyclic amines) is 1. The lowest BCUT2D eigenvalue weighted by atomic mass is 9.86. The third-order valence-corrected chi connectivity index (χ3v) is 7.40. The molecular formula is C31H52N2O5. The maximum atomic E-state index is 13.5. The number of piperidine rings is 1. The molecule has 1 aliphatic rings. The van der Waals surface area contributed by atoms with Gasteiger partial charge in [0.2, 0.25) is 5.91 Å². The molecule has 216 valence electrons. The molecule has 0 saturated carbocycles. The van der Waals surface area contributed by atoms with Gasteiger partial charge in [-0.15, -0.1) is 0 Å². The highest BCUT2D eigenvalue weighted by molar-refractivity contribution is 5.86. The zero-order chi connectivity index (χ0) is 28.0. The average Bonchev–Trinajstić information content (AvgIpc) is 2.89. The summed E-state index contributed by atoms with van der Waals surface area (Å²) >= 11 is 0. The van der Waals surface area contributed by atoms with Crippen LogP contribution in [0.4, 0.5) is 4.79 Å². The van der Waals surface area contributed by atoms with E-state index in [9.17, 15) is 19.8 Å². The lowest BCUT2D eigenvalue weighted by Crippen LogP contribution is -2.57. The van der Waals surface area contributed by atoms with Crippen molar-refractivity contribution in [1.82, 2.24) is 10.2 Å². The summed E-state index contributed by atoms with van der Waals surface area (Å²) in [4.78, 5) is 28.0. The molecule has 7 nitrogen and oxygen atoms in total. The summed E-state index contributed by atoms with van der Waals surface area (Å²) in [5.74, 6) is -0.0118. The fourth-order valence-corrected chi connectivity index (χ4v) is 5.22. The third-order valence-electron chi connectivity index (χ3n) is 7.40. The smallest absolute Gasteiger partial charge is 0.410 e. The normalized spacial score (nSPS) is 19.6. The maximum Gasteiger partial charge on any atom is 0.410 e. The number of carbonyl (C=O) groups is 2. The van der Waals surface area contributed by atoms with E-state index in [4.69, 9.17) is 4.74 Å². The Morgan fingerprint density at radius 1 is 1.03 bits per heavy atom. The molecule has 1 fully saturated rings. The van der Waals surface area contributed by atoms with Crippen LogP contribution in [0.3, 0.4) is 0 Å². The molecule has 0 aromatic heterocycles. The second-order valence-corrected chi connectivity index (χ2v) is 11.9. The van der Waals surface area contributed by atoms with Crippen LogP contribution >= 0.6 is 0 Å². The van der Waals surface area contributed by atoms with Crippen LogP contribution in [-0.2, 0) is 9.53 Å². The monoisotopic (exact) mass is 532 g/mol. The summed E-state index contributed by atoms with van der Waals surface area (Å²) in [6.45, 7) is 7.73. The predicted molar refractivity (Wildman–Crippen MR) is 152 cm³/mol. The van der Waals surface area contributed by atoms with E-state index in [1.54, 1.807) is 24.3 Å². The van der Waals surface area contributed by atoms with Gasteiger partial charge in [0.1, 0.15) is 17.7 Å². The predicted octanol–water partition coefficient (Wildman–Crippen LogP) is 6.13. The highest BCUT2D eigenvalue weighted by Gasteiger charge is 2.39. The van der Waals surface area contributed by atoms with Gasteiger partial charge in [-0.05, 0) is 45.1 Å². The Morgan fingerprint density at radius 2 is 1.63 bits per heavy atom. The van der Waals surface area contributed by atoms with Gasteiger partial charge in [-0.1, -0.05) is 101 Å². The third kappa shape index (κ3) is 11.3. The number of benzene rings is 1. The molecule has 4 atom stereocenters. The number of aliphatic hydroxyl groups excluding tert-OH is 2. The summed E-state index contributed by atoms with van der Waals surface area (Å²) < 4.78 is 5.61. The Balaban J connectivity index is 1.96. The molecule has 0 spiro atoms. The lowest BCUT2D eigenvalue weighted by molar-refractivity contribution is -0.130.